The van der Waals surface area contributed by atoms with Gasteiger partial charge in [-0.05, 0) is 13.0 Å². The molecule has 0 fully saturated rings. The van der Waals surface area contributed by atoms with E-state index in [2.05, 4.69) is 27.2 Å². The Bertz CT molecular complexity index is 449. The maximum absolute atomic E-state index is 4.34. The summed E-state index contributed by atoms with van der Waals surface area (Å²) in [5.74, 6) is 1.48. The molecule has 0 aliphatic heterocycles. The average molecular weight is 203 g/mol. The summed E-state index contributed by atoms with van der Waals surface area (Å²) in [7, 11) is 1.80. The van der Waals surface area contributed by atoms with Crippen molar-refractivity contribution in [3.05, 3.63) is 24.7 Å². The second kappa shape index (κ2) is 4.08. The van der Waals surface area contributed by atoms with Gasteiger partial charge in [0.25, 0.3) is 0 Å². The number of aryl methyl sites for hydroxylation is 1. The number of nitrogens with zero attached hydrogens (tertiary/aromatic N) is 4. The number of imidazole rings is 1. The van der Waals surface area contributed by atoms with Crippen molar-refractivity contribution in [2.24, 2.45) is 0 Å². The molecule has 15 heavy (non-hydrogen) atoms. The van der Waals surface area contributed by atoms with Crippen LogP contribution in [0.5, 0.6) is 0 Å². The zero-order valence-electron chi connectivity index (χ0n) is 8.81. The van der Waals surface area contributed by atoms with E-state index in [1.165, 1.54) is 0 Å². The van der Waals surface area contributed by atoms with Gasteiger partial charge in [-0.3, -0.25) is 0 Å². The number of rotatable bonds is 3. The van der Waals surface area contributed by atoms with Crippen molar-refractivity contribution in [1.29, 1.82) is 0 Å². The third kappa shape index (κ3) is 1.81. The minimum Gasteiger partial charge on any atom is -0.357 e. The molecule has 2 heterocycles. The van der Waals surface area contributed by atoms with Crippen LogP contribution in [0.2, 0.25) is 0 Å². The molecule has 0 aliphatic rings. The summed E-state index contributed by atoms with van der Waals surface area (Å²) < 4.78 is 2.04. The van der Waals surface area contributed by atoms with E-state index in [1.807, 2.05) is 16.8 Å². The summed E-state index contributed by atoms with van der Waals surface area (Å²) in [6.45, 7) is 2.96. The lowest BCUT2D eigenvalue weighted by atomic mass is 10.4. The molecule has 0 atom stereocenters. The Morgan fingerprint density at radius 1 is 1.33 bits per heavy atom. The van der Waals surface area contributed by atoms with E-state index in [4.69, 9.17) is 0 Å². The molecule has 0 aromatic carbocycles. The Labute approximate surface area is 88.2 Å². The molecule has 0 radical (unpaired) electrons. The molecular formula is C10H13N5. The van der Waals surface area contributed by atoms with Crippen LogP contribution in [0.25, 0.3) is 11.5 Å². The highest BCUT2D eigenvalue weighted by molar-refractivity contribution is 5.51. The van der Waals surface area contributed by atoms with E-state index >= 15 is 0 Å². The molecule has 0 saturated carbocycles. The van der Waals surface area contributed by atoms with Crippen molar-refractivity contribution in [2.75, 3.05) is 12.4 Å². The number of hydrogen-bond acceptors (Lipinski definition) is 4. The zero-order chi connectivity index (χ0) is 10.7. The standard InChI is InChI=1S/C10H13N5/c1-3-15-7-6-12-9(15)8-4-5-13-10(11-2)14-8/h4-7H,3H2,1-2H3,(H,11,13,14). The fraction of sp³-hybridized carbons (Fsp3) is 0.300. The van der Waals surface area contributed by atoms with Crippen LogP contribution in [0, 0.1) is 0 Å². The summed E-state index contributed by atoms with van der Waals surface area (Å²) in [6.07, 6.45) is 5.44. The van der Waals surface area contributed by atoms with Gasteiger partial charge >= 0.3 is 0 Å². The van der Waals surface area contributed by atoms with Crippen LogP contribution in [0.4, 0.5) is 5.95 Å². The van der Waals surface area contributed by atoms with Crippen LogP contribution in [-0.4, -0.2) is 26.6 Å². The van der Waals surface area contributed by atoms with E-state index in [1.54, 1.807) is 19.4 Å². The van der Waals surface area contributed by atoms with Crippen molar-refractivity contribution < 1.29 is 0 Å². The molecule has 5 nitrogen and oxygen atoms in total. The molecule has 5 heteroatoms. The SMILES string of the molecule is CCn1ccnc1-c1ccnc(NC)n1. The quantitative estimate of drug-likeness (QED) is 0.819. The fourth-order valence-corrected chi connectivity index (χ4v) is 1.40. The van der Waals surface area contributed by atoms with E-state index in [-0.39, 0.29) is 0 Å². The highest BCUT2D eigenvalue weighted by Crippen LogP contribution is 2.15. The second-order valence-corrected chi connectivity index (χ2v) is 3.05. The molecule has 0 amide bonds. The van der Waals surface area contributed by atoms with Gasteiger partial charge in [-0.2, -0.15) is 0 Å². The van der Waals surface area contributed by atoms with Gasteiger partial charge in [0, 0.05) is 32.2 Å². The van der Waals surface area contributed by atoms with Gasteiger partial charge in [0.2, 0.25) is 5.95 Å². The highest BCUT2D eigenvalue weighted by Gasteiger charge is 2.06. The van der Waals surface area contributed by atoms with Crippen LogP contribution in [0.15, 0.2) is 24.7 Å². The monoisotopic (exact) mass is 203 g/mol. The summed E-state index contributed by atoms with van der Waals surface area (Å²) >= 11 is 0. The Morgan fingerprint density at radius 2 is 2.20 bits per heavy atom. The van der Waals surface area contributed by atoms with Crippen molar-refractivity contribution in [2.45, 2.75) is 13.5 Å². The van der Waals surface area contributed by atoms with Gasteiger partial charge in [-0.25, -0.2) is 15.0 Å². The van der Waals surface area contributed by atoms with Gasteiger partial charge in [0.15, 0.2) is 5.82 Å². The van der Waals surface area contributed by atoms with E-state index in [0.29, 0.717) is 5.95 Å². The van der Waals surface area contributed by atoms with Gasteiger partial charge < -0.3 is 9.88 Å². The Hall–Kier alpha value is -1.91. The first-order valence-electron chi connectivity index (χ1n) is 4.87. The summed E-state index contributed by atoms with van der Waals surface area (Å²) in [4.78, 5) is 12.7. The van der Waals surface area contributed by atoms with Crippen molar-refractivity contribution in [3.63, 3.8) is 0 Å². The minimum atomic E-state index is 0.609. The predicted molar refractivity (Wildman–Crippen MR) is 58.5 cm³/mol. The second-order valence-electron chi connectivity index (χ2n) is 3.05. The molecule has 0 saturated heterocycles. The lowest BCUT2D eigenvalue weighted by Gasteiger charge is -2.04. The van der Waals surface area contributed by atoms with Crippen molar-refractivity contribution >= 4 is 5.95 Å². The Balaban J connectivity index is 2.44. The molecular weight excluding hydrogens is 190 g/mol. The molecule has 0 bridgehead atoms. The number of nitrogens with one attached hydrogen (secondary N) is 1. The fourth-order valence-electron chi connectivity index (χ4n) is 1.40. The average Bonchev–Trinajstić information content (AvgIpc) is 2.77. The van der Waals surface area contributed by atoms with Gasteiger partial charge in [0.05, 0.1) is 0 Å². The molecule has 0 unspecified atom stereocenters. The van der Waals surface area contributed by atoms with E-state index in [0.717, 1.165) is 18.1 Å². The maximum Gasteiger partial charge on any atom is 0.223 e. The van der Waals surface area contributed by atoms with Crippen LogP contribution in [-0.2, 0) is 6.54 Å². The molecule has 2 aromatic heterocycles. The van der Waals surface area contributed by atoms with Gasteiger partial charge in [-0.1, -0.05) is 0 Å². The van der Waals surface area contributed by atoms with Crippen molar-refractivity contribution in [3.8, 4) is 11.5 Å². The van der Waals surface area contributed by atoms with Gasteiger partial charge in [-0.15, -0.1) is 0 Å². The van der Waals surface area contributed by atoms with E-state index in [9.17, 15) is 0 Å². The molecule has 1 N–H and O–H groups in total. The third-order valence-electron chi connectivity index (χ3n) is 2.16. The van der Waals surface area contributed by atoms with E-state index < -0.39 is 0 Å². The Kier molecular flexibility index (Phi) is 2.62. The first-order chi connectivity index (χ1) is 7.35. The first kappa shape index (κ1) is 9.64. The summed E-state index contributed by atoms with van der Waals surface area (Å²) in [5, 5.41) is 2.91. The summed E-state index contributed by atoms with van der Waals surface area (Å²) in [6, 6.07) is 1.86. The molecule has 2 aromatic rings. The van der Waals surface area contributed by atoms with Crippen LogP contribution < -0.4 is 5.32 Å². The largest absolute Gasteiger partial charge is 0.357 e. The maximum atomic E-state index is 4.34. The smallest absolute Gasteiger partial charge is 0.223 e. The zero-order valence-corrected chi connectivity index (χ0v) is 8.81. The summed E-state index contributed by atoms with van der Waals surface area (Å²) in [5.41, 5.74) is 0.834. The molecule has 0 spiro atoms. The third-order valence-corrected chi connectivity index (χ3v) is 2.16. The molecule has 78 valence electrons. The molecule has 0 aliphatic carbocycles. The lowest BCUT2D eigenvalue weighted by Crippen LogP contribution is -2.01. The number of anilines is 1. The minimum absolute atomic E-state index is 0.609. The lowest BCUT2D eigenvalue weighted by molar-refractivity contribution is 0.767. The molecule has 2 rings (SSSR count). The van der Waals surface area contributed by atoms with Crippen LogP contribution in [0.1, 0.15) is 6.92 Å². The number of hydrogen-bond donors (Lipinski definition) is 1. The first-order valence-corrected chi connectivity index (χ1v) is 4.87. The van der Waals surface area contributed by atoms with Crippen LogP contribution in [0.3, 0.4) is 0 Å². The highest BCUT2D eigenvalue weighted by atomic mass is 15.1. The Morgan fingerprint density at radius 3 is 2.93 bits per heavy atom. The topological polar surface area (TPSA) is 55.6 Å². The number of aromatic nitrogens is 4. The normalized spacial score (nSPS) is 10.3. The van der Waals surface area contributed by atoms with Gasteiger partial charge in [0.1, 0.15) is 5.69 Å². The van der Waals surface area contributed by atoms with Crippen molar-refractivity contribution in [1.82, 2.24) is 19.5 Å². The van der Waals surface area contributed by atoms with Crippen LogP contribution >= 0.6 is 0 Å². The predicted octanol–water partition coefficient (Wildman–Crippen LogP) is 1.40.